The van der Waals surface area contributed by atoms with Crippen LogP contribution in [0.1, 0.15) is 24.4 Å². The predicted molar refractivity (Wildman–Crippen MR) is 68.3 cm³/mol. The van der Waals surface area contributed by atoms with Gasteiger partial charge in [-0.05, 0) is 30.4 Å². The van der Waals surface area contributed by atoms with Gasteiger partial charge in [0.2, 0.25) is 0 Å². The molecule has 2 nitrogen and oxygen atoms in total. The van der Waals surface area contributed by atoms with Crippen molar-refractivity contribution in [3.8, 4) is 5.75 Å². The zero-order chi connectivity index (χ0) is 11.2. The smallest absolute Gasteiger partial charge is 0.125 e. The summed E-state index contributed by atoms with van der Waals surface area (Å²) >= 11 is 7.93. The van der Waals surface area contributed by atoms with Gasteiger partial charge in [-0.25, -0.2) is 0 Å². The highest BCUT2D eigenvalue weighted by Crippen LogP contribution is 2.45. The van der Waals surface area contributed by atoms with E-state index < -0.39 is 0 Å². The van der Waals surface area contributed by atoms with E-state index in [1.54, 1.807) is 0 Å². The van der Waals surface area contributed by atoms with Gasteiger partial charge >= 0.3 is 0 Å². The molecule has 0 aliphatic carbocycles. The predicted octanol–water partition coefficient (Wildman–Crippen LogP) is 3.00. The highest BCUT2D eigenvalue weighted by Gasteiger charge is 2.42. The summed E-state index contributed by atoms with van der Waals surface area (Å²) in [5, 5.41) is 0.731. The fourth-order valence-electron chi connectivity index (χ4n) is 2.52. The molecule has 16 heavy (non-hydrogen) atoms. The SMILES string of the molecule is NC1CC2(CCSC2)Oc2ccc(Cl)cc21. The van der Waals surface area contributed by atoms with Crippen molar-refractivity contribution in [3.63, 3.8) is 0 Å². The number of ether oxygens (including phenoxy) is 1. The van der Waals surface area contributed by atoms with Crippen molar-refractivity contribution in [1.29, 1.82) is 0 Å². The summed E-state index contributed by atoms with van der Waals surface area (Å²) in [6, 6.07) is 5.80. The second-order valence-electron chi connectivity index (χ2n) is 4.58. The van der Waals surface area contributed by atoms with Gasteiger partial charge < -0.3 is 10.5 Å². The van der Waals surface area contributed by atoms with Crippen molar-refractivity contribution >= 4 is 23.4 Å². The molecule has 0 aromatic heterocycles. The van der Waals surface area contributed by atoms with Gasteiger partial charge in [0, 0.05) is 28.8 Å². The molecule has 3 rings (SSSR count). The van der Waals surface area contributed by atoms with Crippen LogP contribution in [0.15, 0.2) is 18.2 Å². The number of rotatable bonds is 0. The summed E-state index contributed by atoms with van der Waals surface area (Å²) in [6.45, 7) is 0. The highest BCUT2D eigenvalue weighted by molar-refractivity contribution is 7.99. The summed E-state index contributed by atoms with van der Waals surface area (Å²) in [6.07, 6.45) is 2.01. The zero-order valence-corrected chi connectivity index (χ0v) is 10.5. The first kappa shape index (κ1) is 10.8. The van der Waals surface area contributed by atoms with E-state index in [1.807, 2.05) is 30.0 Å². The normalized spacial score (nSPS) is 32.5. The van der Waals surface area contributed by atoms with Gasteiger partial charge in [0.25, 0.3) is 0 Å². The summed E-state index contributed by atoms with van der Waals surface area (Å²) in [5.41, 5.74) is 7.25. The molecule has 0 bridgehead atoms. The molecular formula is C12H14ClNOS. The van der Waals surface area contributed by atoms with Crippen LogP contribution in [0.3, 0.4) is 0 Å². The van der Waals surface area contributed by atoms with Crippen molar-refractivity contribution in [2.75, 3.05) is 11.5 Å². The number of halogens is 1. The molecule has 2 aliphatic rings. The van der Waals surface area contributed by atoms with Gasteiger partial charge in [0.05, 0.1) is 0 Å². The quantitative estimate of drug-likeness (QED) is 0.774. The summed E-state index contributed by atoms with van der Waals surface area (Å²) in [7, 11) is 0. The van der Waals surface area contributed by atoms with Crippen molar-refractivity contribution in [2.45, 2.75) is 24.5 Å². The molecule has 1 spiro atoms. The third-order valence-corrected chi connectivity index (χ3v) is 4.81. The van der Waals surface area contributed by atoms with E-state index in [2.05, 4.69) is 0 Å². The van der Waals surface area contributed by atoms with Gasteiger partial charge in [-0.2, -0.15) is 11.8 Å². The summed E-state index contributed by atoms with van der Waals surface area (Å²) < 4.78 is 6.15. The maximum atomic E-state index is 6.22. The Balaban J connectivity index is 1.99. The molecule has 1 aromatic carbocycles. The topological polar surface area (TPSA) is 35.2 Å². The Morgan fingerprint density at radius 2 is 2.38 bits per heavy atom. The monoisotopic (exact) mass is 255 g/mol. The average Bonchev–Trinajstić information content (AvgIpc) is 2.68. The minimum absolute atomic E-state index is 0.0229. The highest BCUT2D eigenvalue weighted by atomic mass is 35.5. The Morgan fingerprint density at radius 1 is 1.50 bits per heavy atom. The molecule has 1 saturated heterocycles. The lowest BCUT2D eigenvalue weighted by atomic mass is 9.87. The van der Waals surface area contributed by atoms with Crippen LogP contribution in [-0.4, -0.2) is 17.1 Å². The molecule has 2 heterocycles. The zero-order valence-electron chi connectivity index (χ0n) is 8.91. The molecule has 0 amide bonds. The van der Waals surface area contributed by atoms with Crippen LogP contribution in [0, 0.1) is 0 Å². The van der Waals surface area contributed by atoms with Gasteiger partial charge in [-0.15, -0.1) is 0 Å². The second kappa shape index (κ2) is 3.83. The summed E-state index contributed by atoms with van der Waals surface area (Å²) in [5.74, 6) is 3.16. The van der Waals surface area contributed by atoms with E-state index in [0.717, 1.165) is 34.9 Å². The number of thioether (sulfide) groups is 1. The third kappa shape index (κ3) is 1.71. The largest absolute Gasteiger partial charge is 0.486 e. The van der Waals surface area contributed by atoms with E-state index in [1.165, 1.54) is 5.75 Å². The maximum Gasteiger partial charge on any atom is 0.125 e. The number of hydrogen-bond acceptors (Lipinski definition) is 3. The molecule has 2 unspecified atom stereocenters. The number of benzene rings is 1. The Bertz CT molecular complexity index is 417. The Labute approximate surface area is 104 Å². The van der Waals surface area contributed by atoms with E-state index >= 15 is 0 Å². The standard InChI is InChI=1S/C12H14ClNOS/c13-8-1-2-11-9(5-8)10(14)6-12(15-11)3-4-16-7-12/h1-2,5,10H,3-4,6-7,14H2. The van der Waals surface area contributed by atoms with Gasteiger partial charge in [-0.3, -0.25) is 0 Å². The van der Waals surface area contributed by atoms with Crippen molar-refractivity contribution in [1.82, 2.24) is 0 Å². The molecule has 1 aromatic rings. The Morgan fingerprint density at radius 3 is 3.12 bits per heavy atom. The lowest BCUT2D eigenvalue weighted by molar-refractivity contribution is 0.0616. The van der Waals surface area contributed by atoms with Crippen molar-refractivity contribution < 1.29 is 4.74 Å². The van der Waals surface area contributed by atoms with Gasteiger partial charge in [0.15, 0.2) is 0 Å². The molecule has 86 valence electrons. The van der Waals surface area contributed by atoms with Crippen LogP contribution >= 0.6 is 23.4 Å². The Hall–Kier alpha value is -0.380. The van der Waals surface area contributed by atoms with E-state index in [9.17, 15) is 0 Å². The first-order valence-corrected chi connectivity index (χ1v) is 7.04. The van der Waals surface area contributed by atoms with Crippen molar-refractivity contribution in [3.05, 3.63) is 28.8 Å². The summed E-state index contributed by atoms with van der Waals surface area (Å²) in [4.78, 5) is 0. The minimum Gasteiger partial charge on any atom is -0.486 e. The second-order valence-corrected chi connectivity index (χ2v) is 6.12. The lowest BCUT2D eigenvalue weighted by Gasteiger charge is -2.38. The van der Waals surface area contributed by atoms with Crippen molar-refractivity contribution in [2.24, 2.45) is 5.73 Å². The average molecular weight is 256 g/mol. The van der Waals surface area contributed by atoms with E-state index in [-0.39, 0.29) is 11.6 Å². The molecule has 0 saturated carbocycles. The molecule has 2 aliphatic heterocycles. The molecule has 4 heteroatoms. The van der Waals surface area contributed by atoms with Crippen LogP contribution < -0.4 is 10.5 Å². The lowest BCUT2D eigenvalue weighted by Crippen LogP contribution is -2.42. The molecular weight excluding hydrogens is 242 g/mol. The fraction of sp³-hybridized carbons (Fsp3) is 0.500. The third-order valence-electron chi connectivity index (χ3n) is 3.36. The molecule has 2 atom stereocenters. The van der Waals surface area contributed by atoms with Crippen LogP contribution in [-0.2, 0) is 0 Å². The van der Waals surface area contributed by atoms with Crippen LogP contribution in [0.2, 0.25) is 5.02 Å². The van der Waals surface area contributed by atoms with E-state index in [0.29, 0.717) is 0 Å². The minimum atomic E-state index is -0.0229. The van der Waals surface area contributed by atoms with Crippen LogP contribution in [0.4, 0.5) is 0 Å². The van der Waals surface area contributed by atoms with Crippen LogP contribution in [0.5, 0.6) is 5.75 Å². The first-order valence-electron chi connectivity index (χ1n) is 5.50. The number of hydrogen-bond donors (Lipinski definition) is 1. The van der Waals surface area contributed by atoms with Gasteiger partial charge in [0.1, 0.15) is 11.4 Å². The molecule has 0 radical (unpaired) electrons. The Kier molecular flexibility index (Phi) is 2.57. The first-order chi connectivity index (χ1) is 7.69. The maximum absolute atomic E-state index is 6.22. The fourth-order valence-corrected chi connectivity index (χ4v) is 4.05. The number of fused-ring (bicyclic) bond motifs is 1. The molecule has 2 N–H and O–H groups in total. The van der Waals surface area contributed by atoms with Crippen LogP contribution in [0.25, 0.3) is 0 Å². The number of nitrogens with two attached hydrogens (primary N) is 1. The van der Waals surface area contributed by atoms with Gasteiger partial charge in [-0.1, -0.05) is 11.6 Å². The molecule has 1 fully saturated rings. The van der Waals surface area contributed by atoms with E-state index in [4.69, 9.17) is 22.1 Å².